The predicted molar refractivity (Wildman–Crippen MR) is 246 cm³/mol. The summed E-state index contributed by atoms with van der Waals surface area (Å²) in [4.78, 5) is 2.47. The molecular formula is C57H41NO. The van der Waals surface area contributed by atoms with Crippen LogP contribution < -0.4 is 4.90 Å². The highest BCUT2D eigenvalue weighted by Crippen LogP contribution is 2.56. The van der Waals surface area contributed by atoms with Crippen molar-refractivity contribution in [3.8, 4) is 33.4 Å². The van der Waals surface area contributed by atoms with Gasteiger partial charge in [0.15, 0.2) is 0 Å². The maximum atomic E-state index is 6.81. The highest BCUT2D eigenvalue weighted by Gasteiger charge is 2.41. The molecule has 2 nitrogen and oxygen atoms in total. The van der Waals surface area contributed by atoms with Crippen LogP contribution in [0.3, 0.4) is 0 Å². The van der Waals surface area contributed by atoms with Gasteiger partial charge >= 0.3 is 0 Å². The molecule has 0 spiro atoms. The van der Waals surface area contributed by atoms with Crippen molar-refractivity contribution in [1.82, 2.24) is 0 Å². The van der Waals surface area contributed by atoms with E-state index in [1.807, 2.05) is 0 Å². The number of nitrogens with zero attached hydrogens (tertiary/aromatic N) is 1. The Labute approximate surface area is 344 Å². The molecule has 2 aliphatic carbocycles. The van der Waals surface area contributed by atoms with Crippen molar-refractivity contribution in [2.75, 3.05) is 4.90 Å². The first-order chi connectivity index (χ1) is 28.9. The number of hydrogen-bond donors (Lipinski definition) is 0. The van der Waals surface area contributed by atoms with E-state index in [-0.39, 0.29) is 10.8 Å². The van der Waals surface area contributed by atoms with Gasteiger partial charge in [-0.1, -0.05) is 166 Å². The Bertz CT molecular complexity index is 3330. The van der Waals surface area contributed by atoms with Gasteiger partial charge in [0, 0.05) is 33.0 Å². The van der Waals surface area contributed by atoms with Gasteiger partial charge in [0.25, 0.3) is 0 Å². The maximum Gasteiger partial charge on any atom is 0.143 e. The zero-order chi connectivity index (χ0) is 39.5. The summed E-state index contributed by atoms with van der Waals surface area (Å²) < 4.78 is 6.81. The van der Waals surface area contributed by atoms with Gasteiger partial charge in [-0.3, -0.25) is 0 Å². The van der Waals surface area contributed by atoms with E-state index in [0.29, 0.717) is 0 Å². The summed E-state index contributed by atoms with van der Waals surface area (Å²) in [6, 6.07) is 71.4. The van der Waals surface area contributed by atoms with Crippen LogP contribution in [0.5, 0.6) is 0 Å². The Morgan fingerprint density at radius 3 is 1.97 bits per heavy atom. The second-order valence-electron chi connectivity index (χ2n) is 17.0. The lowest BCUT2D eigenvalue weighted by molar-refractivity contribution is 0.662. The molecule has 10 aromatic rings. The largest absolute Gasteiger partial charge is 0.455 e. The van der Waals surface area contributed by atoms with E-state index in [2.05, 4.69) is 220 Å². The van der Waals surface area contributed by atoms with Crippen LogP contribution in [0.15, 0.2) is 199 Å². The lowest BCUT2D eigenvalue weighted by atomic mass is 9.74. The molecule has 0 fully saturated rings. The normalized spacial score (nSPS) is 15.9. The van der Waals surface area contributed by atoms with Crippen molar-refractivity contribution >= 4 is 49.8 Å². The van der Waals surface area contributed by atoms with Crippen molar-refractivity contribution in [3.63, 3.8) is 0 Å². The summed E-state index contributed by atoms with van der Waals surface area (Å²) in [6.45, 7) is 7.14. The second-order valence-corrected chi connectivity index (χ2v) is 17.0. The number of fused-ring (bicyclic) bond motifs is 11. The number of hydrogen-bond acceptors (Lipinski definition) is 2. The molecule has 0 saturated carbocycles. The van der Waals surface area contributed by atoms with E-state index in [1.54, 1.807) is 0 Å². The molecule has 280 valence electrons. The predicted octanol–water partition coefficient (Wildman–Crippen LogP) is 15.5. The lowest BCUT2D eigenvalue weighted by Gasteiger charge is -2.31. The van der Waals surface area contributed by atoms with Crippen LogP contribution >= 0.6 is 0 Å². The minimum absolute atomic E-state index is 0.140. The molecule has 0 amide bonds. The average Bonchev–Trinajstić information content (AvgIpc) is 3.88. The van der Waals surface area contributed by atoms with Gasteiger partial charge in [-0.15, -0.1) is 0 Å². The van der Waals surface area contributed by atoms with E-state index >= 15 is 0 Å². The molecule has 1 heterocycles. The number of benzene rings is 9. The fraction of sp³-hybridized carbons (Fsp3) is 0.0877. The molecular weight excluding hydrogens is 715 g/mol. The van der Waals surface area contributed by atoms with Crippen LogP contribution in [0, 0.1) is 0 Å². The van der Waals surface area contributed by atoms with Gasteiger partial charge < -0.3 is 9.32 Å². The average molecular weight is 756 g/mol. The SMILES string of the molecule is CC1(C)c2ccccc2-c2cccc(-c3cccc(N(c4ccc5c(c4)C(C)(c4ccccc4)c4ccccc4-5)c4cccc5oc6c7ccccc7ccc6c45)c3)c21. The molecule has 0 aliphatic heterocycles. The summed E-state index contributed by atoms with van der Waals surface area (Å²) in [5, 5.41) is 4.50. The molecule has 0 radical (unpaired) electrons. The van der Waals surface area contributed by atoms with Crippen LogP contribution in [0.2, 0.25) is 0 Å². The molecule has 0 bridgehead atoms. The zero-order valence-corrected chi connectivity index (χ0v) is 33.3. The standard InChI is InChI=1S/C57H41NO/c1-56(2)48-26-11-9-23-44(48)46-25-14-24-41(54(46)56)37-17-13-20-39(34-37)58(51-28-15-29-52-53(51)47-32-30-36-16-7-8-21-42(36)55(47)59-52)40-31-33-45-43-22-10-12-27-49(43)57(3,50(45)35-40)38-18-5-4-6-19-38/h4-35H,1-3H3. The quantitative estimate of drug-likeness (QED) is 0.174. The Balaban J connectivity index is 1.12. The molecule has 1 aromatic heterocycles. The highest BCUT2D eigenvalue weighted by atomic mass is 16.3. The minimum atomic E-state index is -0.338. The third kappa shape index (κ3) is 4.75. The third-order valence-corrected chi connectivity index (χ3v) is 13.5. The number of rotatable bonds is 5. The number of anilines is 3. The van der Waals surface area contributed by atoms with Gasteiger partial charge in [-0.05, 0) is 116 Å². The van der Waals surface area contributed by atoms with Crippen LogP contribution in [-0.4, -0.2) is 0 Å². The topological polar surface area (TPSA) is 16.4 Å². The Hall–Kier alpha value is -7.16. The molecule has 2 aliphatic rings. The Morgan fingerprint density at radius 2 is 1.10 bits per heavy atom. The van der Waals surface area contributed by atoms with Crippen LogP contribution in [0.4, 0.5) is 17.1 Å². The van der Waals surface area contributed by atoms with Crippen molar-refractivity contribution in [3.05, 3.63) is 222 Å². The van der Waals surface area contributed by atoms with Gasteiger partial charge in [-0.25, -0.2) is 0 Å². The van der Waals surface area contributed by atoms with Gasteiger partial charge in [-0.2, -0.15) is 0 Å². The van der Waals surface area contributed by atoms with Crippen LogP contribution in [0.1, 0.15) is 48.6 Å². The zero-order valence-electron chi connectivity index (χ0n) is 33.3. The molecule has 1 atom stereocenters. The molecule has 0 N–H and O–H groups in total. The fourth-order valence-electron chi connectivity index (χ4n) is 10.8. The van der Waals surface area contributed by atoms with Crippen molar-refractivity contribution in [1.29, 1.82) is 0 Å². The summed E-state index contributed by atoms with van der Waals surface area (Å²) >= 11 is 0. The smallest absolute Gasteiger partial charge is 0.143 e. The Morgan fingerprint density at radius 1 is 0.441 bits per heavy atom. The molecule has 1 unspecified atom stereocenters. The van der Waals surface area contributed by atoms with E-state index < -0.39 is 0 Å². The minimum Gasteiger partial charge on any atom is -0.455 e. The van der Waals surface area contributed by atoms with Gasteiger partial charge in [0.05, 0.1) is 11.1 Å². The molecule has 12 rings (SSSR count). The lowest BCUT2D eigenvalue weighted by Crippen LogP contribution is -2.22. The third-order valence-electron chi connectivity index (χ3n) is 13.5. The number of furan rings is 1. The van der Waals surface area contributed by atoms with Crippen molar-refractivity contribution in [2.24, 2.45) is 0 Å². The summed E-state index contributed by atoms with van der Waals surface area (Å²) in [6.07, 6.45) is 0. The van der Waals surface area contributed by atoms with E-state index in [1.165, 1.54) is 66.6 Å². The van der Waals surface area contributed by atoms with Crippen LogP contribution in [0.25, 0.3) is 66.1 Å². The van der Waals surface area contributed by atoms with E-state index in [4.69, 9.17) is 4.42 Å². The molecule has 59 heavy (non-hydrogen) atoms. The molecule has 0 saturated heterocycles. The van der Waals surface area contributed by atoms with E-state index in [0.717, 1.165) is 44.4 Å². The maximum absolute atomic E-state index is 6.81. The molecule has 9 aromatic carbocycles. The monoisotopic (exact) mass is 755 g/mol. The summed E-state index contributed by atoms with van der Waals surface area (Å²) in [5.74, 6) is 0. The van der Waals surface area contributed by atoms with Crippen LogP contribution in [-0.2, 0) is 10.8 Å². The summed E-state index contributed by atoms with van der Waals surface area (Å²) in [7, 11) is 0. The van der Waals surface area contributed by atoms with E-state index in [9.17, 15) is 0 Å². The van der Waals surface area contributed by atoms with Crippen molar-refractivity contribution in [2.45, 2.75) is 31.6 Å². The Kier molecular flexibility index (Phi) is 7.14. The highest BCUT2D eigenvalue weighted by molar-refractivity contribution is 6.19. The summed E-state index contributed by atoms with van der Waals surface area (Å²) in [5.41, 5.74) is 19.0. The fourth-order valence-corrected chi connectivity index (χ4v) is 10.8. The first-order valence-electron chi connectivity index (χ1n) is 20.7. The van der Waals surface area contributed by atoms with Gasteiger partial charge in [0.1, 0.15) is 11.2 Å². The van der Waals surface area contributed by atoms with Gasteiger partial charge in [0.2, 0.25) is 0 Å². The first kappa shape index (κ1) is 33.9. The van der Waals surface area contributed by atoms with Crippen molar-refractivity contribution < 1.29 is 4.42 Å². The second kappa shape index (κ2) is 12.4. The first-order valence-corrected chi connectivity index (χ1v) is 20.7. The molecule has 2 heteroatoms.